The van der Waals surface area contributed by atoms with Crippen molar-refractivity contribution in [1.29, 1.82) is 0 Å². The van der Waals surface area contributed by atoms with Gasteiger partial charge in [0, 0.05) is 36.6 Å². The van der Waals surface area contributed by atoms with E-state index in [0.717, 1.165) is 38.0 Å². The number of anilines is 1. The molecule has 1 N–H and O–H groups in total. The van der Waals surface area contributed by atoms with Gasteiger partial charge in [0.15, 0.2) is 5.13 Å². The number of thiazole rings is 1. The Balaban J connectivity index is 1.50. The highest BCUT2D eigenvalue weighted by Crippen LogP contribution is 2.44. The number of pyridine rings is 1. The number of benzene rings is 2. The van der Waals surface area contributed by atoms with Gasteiger partial charge in [-0.25, -0.2) is 9.37 Å². The second-order valence-corrected chi connectivity index (χ2v) is 9.20. The van der Waals surface area contributed by atoms with Crippen molar-refractivity contribution < 1.29 is 14.3 Å². The molecule has 0 atom stereocenters. The van der Waals surface area contributed by atoms with E-state index >= 15 is 0 Å². The van der Waals surface area contributed by atoms with E-state index in [1.165, 1.54) is 12.1 Å². The molecule has 32 heavy (non-hydrogen) atoms. The Labute approximate surface area is 188 Å². The van der Waals surface area contributed by atoms with Crippen LogP contribution < -0.4 is 4.90 Å². The largest absolute Gasteiger partial charge is 0.481 e. The number of halogens is 1. The Kier molecular flexibility index (Phi) is 4.98. The molecule has 5 nitrogen and oxygen atoms in total. The van der Waals surface area contributed by atoms with E-state index in [-0.39, 0.29) is 5.82 Å². The topological polar surface area (TPSA) is 66.3 Å². The van der Waals surface area contributed by atoms with Gasteiger partial charge >= 0.3 is 5.97 Å². The maximum atomic E-state index is 13.2. The van der Waals surface area contributed by atoms with Crippen LogP contribution in [-0.2, 0) is 4.79 Å². The van der Waals surface area contributed by atoms with Crippen molar-refractivity contribution >= 4 is 22.4 Å². The van der Waals surface area contributed by atoms with Gasteiger partial charge in [0.2, 0.25) is 0 Å². The molecule has 2 aromatic heterocycles. The predicted molar refractivity (Wildman–Crippen MR) is 124 cm³/mol. The highest BCUT2D eigenvalue weighted by atomic mass is 32.1. The number of carboxylic acids is 1. The molecule has 7 heteroatoms. The van der Waals surface area contributed by atoms with Crippen LogP contribution in [0.25, 0.3) is 32.8 Å². The summed E-state index contributed by atoms with van der Waals surface area (Å²) in [4.78, 5) is 23.6. The van der Waals surface area contributed by atoms with Crippen molar-refractivity contribution in [2.45, 2.75) is 6.92 Å². The van der Waals surface area contributed by atoms with Gasteiger partial charge in [-0.3, -0.25) is 9.78 Å². The van der Waals surface area contributed by atoms with Gasteiger partial charge in [0.1, 0.15) is 5.82 Å². The normalized spacial score (nSPS) is 14.8. The smallest absolute Gasteiger partial charge is 0.312 e. The van der Waals surface area contributed by atoms with Crippen LogP contribution in [0.5, 0.6) is 0 Å². The van der Waals surface area contributed by atoms with Crippen LogP contribution in [0.15, 0.2) is 73.1 Å². The highest BCUT2D eigenvalue weighted by molar-refractivity contribution is 7.19. The minimum atomic E-state index is -0.783. The van der Waals surface area contributed by atoms with Crippen LogP contribution in [-0.4, -0.2) is 34.1 Å². The standard InChI is InChI=1S/C25H20FN3O2S/c1-25(23(30)31)14-29(15-25)24-28-21(22(32-24)19-3-2-12-27-13-19)18-6-4-16(5-7-18)17-8-10-20(26)11-9-17/h2-13H,14-15H2,1H3,(H,30,31). The quantitative estimate of drug-likeness (QED) is 0.434. The van der Waals surface area contributed by atoms with Crippen LogP contribution in [0.4, 0.5) is 9.52 Å². The van der Waals surface area contributed by atoms with Gasteiger partial charge in [0.05, 0.1) is 16.0 Å². The molecule has 4 aromatic rings. The molecule has 0 bridgehead atoms. The molecule has 1 saturated heterocycles. The number of nitrogens with zero attached hydrogens (tertiary/aromatic N) is 3. The summed E-state index contributed by atoms with van der Waals surface area (Å²) >= 11 is 1.55. The minimum absolute atomic E-state index is 0.258. The molecule has 0 saturated carbocycles. The molecule has 160 valence electrons. The van der Waals surface area contributed by atoms with Crippen LogP contribution in [0, 0.1) is 11.2 Å². The van der Waals surface area contributed by atoms with Gasteiger partial charge in [-0.15, -0.1) is 0 Å². The molecule has 2 aromatic carbocycles. The number of carboxylic acid groups (broad SMARTS) is 1. The summed E-state index contributed by atoms with van der Waals surface area (Å²) in [6, 6.07) is 18.3. The molecule has 0 amide bonds. The zero-order valence-electron chi connectivity index (χ0n) is 17.3. The summed E-state index contributed by atoms with van der Waals surface area (Å²) in [7, 11) is 0. The maximum absolute atomic E-state index is 13.2. The first kappa shape index (κ1) is 20.3. The van der Waals surface area contributed by atoms with E-state index in [1.54, 1.807) is 36.6 Å². The van der Waals surface area contributed by atoms with Gasteiger partial charge in [-0.05, 0) is 36.2 Å². The summed E-state index contributed by atoms with van der Waals surface area (Å²) < 4.78 is 13.2. The first-order valence-corrected chi connectivity index (χ1v) is 11.0. The summed E-state index contributed by atoms with van der Waals surface area (Å²) in [6.45, 7) is 2.63. The van der Waals surface area contributed by atoms with Crippen molar-refractivity contribution in [3.05, 3.63) is 78.9 Å². The summed E-state index contributed by atoms with van der Waals surface area (Å²) in [5.74, 6) is -1.04. The van der Waals surface area contributed by atoms with Crippen molar-refractivity contribution in [3.8, 4) is 32.8 Å². The van der Waals surface area contributed by atoms with Gasteiger partial charge in [0.25, 0.3) is 0 Å². The fraction of sp³-hybridized carbons (Fsp3) is 0.160. The highest BCUT2D eigenvalue weighted by Gasteiger charge is 2.46. The maximum Gasteiger partial charge on any atom is 0.312 e. The zero-order valence-corrected chi connectivity index (χ0v) is 18.1. The van der Waals surface area contributed by atoms with Gasteiger partial charge < -0.3 is 10.0 Å². The molecule has 0 unspecified atom stereocenters. The first-order chi connectivity index (χ1) is 15.4. The number of hydrogen-bond donors (Lipinski definition) is 1. The Morgan fingerprint density at radius 2 is 1.62 bits per heavy atom. The molecule has 1 aliphatic heterocycles. The number of carbonyl (C=O) groups is 1. The van der Waals surface area contributed by atoms with E-state index in [4.69, 9.17) is 4.98 Å². The predicted octanol–water partition coefficient (Wildman–Crippen LogP) is 5.59. The molecular formula is C25H20FN3O2S. The fourth-order valence-electron chi connectivity index (χ4n) is 3.86. The van der Waals surface area contributed by atoms with Crippen LogP contribution in [0.2, 0.25) is 0 Å². The fourth-order valence-corrected chi connectivity index (χ4v) is 4.94. The molecule has 1 fully saturated rings. The molecule has 0 aliphatic carbocycles. The minimum Gasteiger partial charge on any atom is -0.481 e. The Hall–Kier alpha value is -3.58. The monoisotopic (exact) mass is 445 g/mol. The van der Waals surface area contributed by atoms with Gasteiger partial charge in [-0.2, -0.15) is 0 Å². The number of aromatic nitrogens is 2. The Morgan fingerprint density at radius 1 is 1.00 bits per heavy atom. The van der Waals surface area contributed by atoms with E-state index in [9.17, 15) is 14.3 Å². The lowest BCUT2D eigenvalue weighted by molar-refractivity contribution is -0.149. The third-order valence-electron chi connectivity index (χ3n) is 5.74. The number of aliphatic carboxylic acids is 1. The average molecular weight is 446 g/mol. The van der Waals surface area contributed by atoms with E-state index < -0.39 is 11.4 Å². The van der Waals surface area contributed by atoms with Crippen LogP contribution in [0.3, 0.4) is 0 Å². The van der Waals surface area contributed by atoms with Gasteiger partial charge in [-0.1, -0.05) is 53.8 Å². The van der Waals surface area contributed by atoms with E-state index in [0.29, 0.717) is 13.1 Å². The summed E-state index contributed by atoms with van der Waals surface area (Å²) in [6.07, 6.45) is 3.54. The summed E-state index contributed by atoms with van der Waals surface area (Å²) in [5.41, 5.74) is 3.96. The SMILES string of the molecule is CC1(C(=O)O)CN(c2nc(-c3ccc(-c4ccc(F)cc4)cc3)c(-c3cccnc3)s2)C1. The Bertz CT molecular complexity index is 1270. The lowest BCUT2D eigenvalue weighted by Gasteiger charge is -2.44. The van der Waals surface area contributed by atoms with Crippen molar-refractivity contribution in [2.24, 2.45) is 5.41 Å². The van der Waals surface area contributed by atoms with E-state index in [1.807, 2.05) is 47.5 Å². The molecular weight excluding hydrogens is 425 g/mol. The zero-order chi connectivity index (χ0) is 22.3. The lowest BCUT2D eigenvalue weighted by Crippen LogP contribution is -2.59. The first-order valence-electron chi connectivity index (χ1n) is 10.2. The Morgan fingerprint density at radius 3 is 2.22 bits per heavy atom. The van der Waals surface area contributed by atoms with Crippen LogP contribution in [0.1, 0.15) is 6.92 Å². The van der Waals surface area contributed by atoms with Crippen LogP contribution >= 0.6 is 11.3 Å². The molecule has 5 rings (SSSR count). The second kappa shape index (κ2) is 7.84. The van der Waals surface area contributed by atoms with Crippen molar-refractivity contribution in [3.63, 3.8) is 0 Å². The third-order valence-corrected chi connectivity index (χ3v) is 6.91. The molecule has 0 radical (unpaired) electrons. The third kappa shape index (κ3) is 3.65. The van der Waals surface area contributed by atoms with Crippen molar-refractivity contribution in [2.75, 3.05) is 18.0 Å². The lowest BCUT2D eigenvalue weighted by atomic mass is 9.82. The number of rotatable bonds is 5. The summed E-state index contributed by atoms with van der Waals surface area (Å²) in [5, 5.41) is 10.2. The molecule has 3 heterocycles. The average Bonchev–Trinajstić information content (AvgIpc) is 3.23. The van der Waals surface area contributed by atoms with E-state index in [2.05, 4.69) is 4.98 Å². The second-order valence-electron chi connectivity index (χ2n) is 8.22. The molecule has 1 aliphatic rings. The van der Waals surface area contributed by atoms with Crippen molar-refractivity contribution in [1.82, 2.24) is 9.97 Å². The molecule has 0 spiro atoms. The number of hydrogen-bond acceptors (Lipinski definition) is 5.